The Bertz CT molecular complexity index is 872. The number of carbonyl (C=O) groups is 2. The molecule has 0 fully saturated rings. The van der Waals surface area contributed by atoms with Gasteiger partial charge in [-0.2, -0.15) is 0 Å². The lowest BCUT2D eigenvalue weighted by molar-refractivity contribution is -0.149. The third-order valence-corrected chi connectivity index (χ3v) is 11.1. The van der Waals surface area contributed by atoms with Gasteiger partial charge in [0.1, 0.15) is 14.6 Å². The zero-order valence-electron chi connectivity index (χ0n) is 36.8. The van der Waals surface area contributed by atoms with E-state index in [1.54, 1.807) is 0 Å². The number of hydrogen-bond donors (Lipinski definition) is 1. The average molecular weight is 767 g/mol. The third-order valence-electron chi connectivity index (χ3n) is 10.2. The van der Waals surface area contributed by atoms with Crippen LogP contribution in [0.1, 0.15) is 239 Å². The zero-order chi connectivity index (χ0) is 39.8. The van der Waals surface area contributed by atoms with Crippen molar-refractivity contribution in [2.24, 2.45) is 0 Å². The van der Waals surface area contributed by atoms with E-state index >= 15 is 0 Å². The van der Waals surface area contributed by atoms with Gasteiger partial charge in [-0.3, -0.25) is 9.59 Å². The number of ether oxygens (including phenoxy) is 1. The van der Waals surface area contributed by atoms with Crippen LogP contribution < -0.4 is 5.32 Å². The molecule has 0 spiro atoms. The van der Waals surface area contributed by atoms with Crippen molar-refractivity contribution in [2.45, 2.75) is 251 Å². The van der Waals surface area contributed by atoms with Crippen molar-refractivity contribution in [2.75, 3.05) is 6.61 Å². The molecule has 0 heterocycles. The molecular formula is C44H87BNO4PSi. The molecule has 0 bridgehead atoms. The molecule has 0 aromatic heterocycles. The second kappa shape index (κ2) is 41.5. The van der Waals surface area contributed by atoms with Crippen LogP contribution in [0.25, 0.3) is 0 Å². The Morgan fingerprint density at radius 1 is 0.654 bits per heavy atom. The molecule has 5 nitrogen and oxygen atoms in total. The number of hydrogen-bond acceptors (Lipinski definition) is 4. The van der Waals surface area contributed by atoms with Crippen LogP contribution in [-0.2, 0) is 18.8 Å². The van der Waals surface area contributed by atoms with Gasteiger partial charge in [0.05, 0.1) is 21.4 Å². The van der Waals surface area contributed by atoms with Gasteiger partial charge in [0.2, 0.25) is 5.91 Å². The molecule has 52 heavy (non-hydrogen) atoms. The number of nitrogens with one attached hydrogen (secondary N) is 1. The second-order valence-corrected chi connectivity index (χ2v) is 17.9. The van der Waals surface area contributed by atoms with Crippen molar-refractivity contribution >= 4 is 36.6 Å². The van der Waals surface area contributed by atoms with E-state index in [-0.39, 0.29) is 18.5 Å². The normalized spacial score (nSPS) is 14.8. The second-order valence-electron chi connectivity index (χ2n) is 15.4. The Morgan fingerprint density at radius 3 is 1.46 bits per heavy atom. The van der Waals surface area contributed by atoms with E-state index in [0.717, 1.165) is 51.4 Å². The van der Waals surface area contributed by atoms with E-state index in [1.165, 1.54) is 154 Å². The molecule has 0 aliphatic heterocycles. The van der Waals surface area contributed by atoms with Crippen LogP contribution in [0.15, 0.2) is 12.2 Å². The number of unbranched alkanes of at least 4 members (excludes halogenated alkanes) is 29. The molecule has 0 saturated heterocycles. The van der Waals surface area contributed by atoms with Crippen LogP contribution >= 0.6 is 8.73 Å². The summed E-state index contributed by atoms with van der Waals surface area (Å²) in [5.74, 6) is -0.364. The lowest BCUT2D eigenvalue weighted by atomic mass is 10.0. The highest BCUT2D eigenvalue weighted by atomic mass is 31.3. The SMILES string of the molecule is [2H][Si]([B])(OC[C@H](NC(=O)CCCCCCCCCCCCC)[C@@H](C=CCCCCCCCCCCCCC)OC(=O)CCCCCCCCCCC)P[3H]. The lowest BCUT2D eigenvalue weighted by Crippen LogP contribution is -2.48. The minimum atomic E-state index is -3.42. The molecular weight excluding hydrogens is 676 g/mol. The molecule has 2 radical (unpaired) electrons. The van der Waals surface area contributed by atoms with Gasteiger partial charge in [0, 0.05) is 14.1 Å². The number of allylic oxidation sites excluding steroid dienone is 1. The quantitative estimate of drug-likeness (QED) is 0.0221. The predicted octanol–water partition coefficient (Wildman–Crippen LogP) is 13.0. The number of rotatable bonds is 42. The Labute approximate surface area is 332 Å². The van der Waals surface area contributed by atoms with Crippen LogP contribution in [0.3, 0.4) is 0 Å². The summed E-state index contributed by atoms with van der Waals surface area (Å²) in [5.41, 5.74) is 0. The van der Waals surface area contributed by atoms with Gasteiger partial charge in [-0.05, 0) is 31.8 Å². The van der Waals surface area contributed by atoms with Gasteiger partial charge in [-0.1, -0.05) is 207 Å². The molecule has 1 N–H and O–H groups in total. The van der Waals surface area contributed by atoms with E-state index in [2.05, 4.69) is 32.2 Å². The van der Waals surface area contributed by atoms with Gasteiger partial charge < -0.3 is 14.5 Å². The van der Waals surface area contributed by atoms with Crippen molar-refractivity contribution in [3.8, 4) is 0 Å². The standard InChI is InChI=1S/C44H87BNO4PSi/c1-4-7-10-13-16-19-21-22-24-26-28-31-34-37-42(50-44(48)39-36-33-30-25-18-15-12-9-6-3)41(40-49-52(45)51)46-43(47)38-35-32-29-27-23-20-17-14-11-8-5-2/h34,37,41-42,52H,4-33,35-36,38-40,51H2,1-3H3,(H,46,47)/t41-,42+,52?/m0/s1/i51T,52D/t41-,42+,51?,52?. The van der Waals surface area contributed by atoms with Gasteiger partial charge in [0.15, 0.2) is 0 Å². The minimum absolute atomic E-state index is 0.0408. The molecule has 304 valence electrons. The first-order valence-electron chi connectivity index (χ1n) is 23.6. The summed E-state index contributed by atoms with van der Waals surface area (Å²) in [6.45, 7) is 6.71. The predicted molar refractivity (Wildman–Crippen MR) is 234 cm³/mol. The summed E-state index contributed by atoms with van der Waals surface area (Å²) in [4.78, 5) is 26.3. The van der Waals surface area contributed by atoms with E-state index in [1.807, 2.05) is 6.08 Å². The molecule has 4 atom stereocenters. The fourth-order valence-electron chi connectivity index (χ4n) is 6.83. The monoisotopic (exact) mass is 767 g/mol. The van der Waals surface area contributed by atoms with Gasteiger partial charge in [0.25, 0.3) is 0 Å². The van der Waals surface area contributed by atoms with Gasteiger partial charge >= 0.3 is 5.97 Å². The number of carbonyl (C=O) groups excluding carboxylic acids is 2. The van der Waals surface area contributed by atoms with Crippen molar-refractivity contribution in [1.82, 2.24) is 5.32 Å². The summed E-state index contributed by atoms with van der Waals surface area (Å²) in [5, 5.41) is 3.09. The molecule has 0 rings (SSSR count). The molecule has 0 aromatic carbocycles. The fourth-order valence-corrected chi connectivity index (χ4v) is 7.44. The minimum Gasteiger partial charge on any atom is -0.456 e. The number of esters is 1. The third kappa shape index (κ3) is 37.7. The Balaban J connectivity index is 5.10. The van der Waals surface area contributed by atoms with E-state index in [0.29, 0.717) is 12.8 Å². The maximum atomic E-state index is 13.2. The molecule has 2 unspecified atom stereocenters. The molecule has 0 saturated carbocycles. The summed E-state index contributed by atoms with van der Waals surface area (Å²) < 4.78 is 27.8. The van der Waals surface area contributed by atoms with Gasteiger partial charge in [-0.15, -0.1) is 8.73 Å². The highest BCUT2D eigenvalue weighted by molar-refractivity contribution is 7.70. The first kappa shape index (κ1) is 47.5. The first-order valence-corrected chi connectivity index (χ1v) is 25.5. The topological polar surface area (TPSA) is 64.6 Å². The highest BCUT2D eigenvalue weighted by Gasteiger charge is 2.25. The first-order chi connectivity index (χ1) is 26.3. The van der Waals surface area contributed by atoms with E-state index < -0.39 is 29.4 Å². The van der Waals surface area contributed by atoms with Gasteiger partial charge in [-0.25, -0.2) is 0 Å². The molecule has 0 aromatic rings. The highest BCUT2D eigenvalue weighted by Crippen LogP contribution is 2.16. The van der Waals surface area contributed by atoms with Crippen molar-refractivity contribution < 1.29 is 18.8 Å². The summed E-state index contributed by atoms with van der Waals surface area (Å²) >= 11 is 0. The number of amides is 1. The molecule has 0 aliphatic carbocycles. The van der Waals surface area contributed by atoms with E-state index in [9.17, 15) is 9.59 Å². The van der Waals surface area contributed by atoms with Crippen LogP contribution in [0, 0.1) is 0 Å². The van der Waals surface area contributed by atoms with Crippen LogP contribution in [0.2, 0.25) is 0 Å². The molecule has 8 heteroatoms. The van der Waals surface area contributed by atoms with Crippen molar-refractivity contribution in [3.63, 3.8) is 0 Å². The zero-order valence-corrected chi connectivity index (χ0v) is 36.8. The smallest absolute Gasteiger partial charge is 0.306 e. The summed E-state index contributed by atoms with van der Waals surface area (Å²) in [7, 11) is 2.03. The fraction of sp³-hybridized carbons (Fsp3) is 0.909. The maximum Gasteiger partial charge on any atom is 0.306 e. The maximum absolute atomic E-state index is 13.2. The summed E-state index contributed by atoms with van der Waals surface area (Å²) in [6.07, 6.45) is 43.1. The average Bonchev–Trinajstić information content (AvgIpc) is 3.16. The van der Waals surface area contributed by atoms with E-state index in [4.69, 9.17) is 19.1 Å². The summed E-state index contributed by atoms with van der Waals surface area (Å²) in [6, 6.07) is -0.650. The van der Waals surface area contributed by atoms with Crippen LogP contribution in [0.4, 0.5) is 0 Å². The van der Waals surface area contributed by atoms with Crippen LogP contribution in [-0.4, -0.2) is 49.1 Å². The Hall–Kier alpha value is -0.648. The van der Waals surface area contributed by atoms with Crippen molar-refractivity contribution in [1.29, 1.82) is 2.51 Å². The van der Waals surface area contributed by atoms with Crippen molar-refractivity contribution in [3.05, 3.63) is 12.2 Å². The Kier molecular flexibility index (Phi) is 37.9. The Morgan fingerprint density at radius 2 is 1.04 bits per heavy atom. The van der Waals surface area contributed by atoms with Crippen LogP contribution in [0.5, 0.6) is 0 Å². The molecule has 0 aliphatic rings. The molecule has 1 amide bonds. The largest absolute Gasteiger partial charge is 0.456 e. The lowest BCUT2D eigenvalue weighted by Gasteiger charge is -2.27.